The van der Waals surface area contributed by atoms with Crippen molar-refractivity contribution >= 4 is 39.0 Å². The number of hydrogen-bond donors (Lipinski definition) is 0. The Morgan fingerprint density at radius 3 is 2.32 bits per heavy atom. The molecule has 0 unspecified atom stereocenters. The molecule has 0 aliphatic rings. The molecule has 0 spiro atoms. The molecule has 0 amide bonds. The van der Waals surface area contributed by atoms with Crippen LogP contribution in [0.3, 0.4) is 0 Å². The molecule has 0 heterocycles. The molecule has 8 nitrogen and oxygen atoms in total. The maximum absolute atomic E-state index is 12.7. The molecule has 25 heavy (non-hydrogen) atoms. The van der Waals surface area contributed by atoms with Gasteiger partial charge < -0.3 is 4.74 Å². The standard InChI is InChI=1S/C15H13ClN2O6S/c1-17(11-5-8-14(16)13(9-11)15(19)24-2)25(22,23)12-6-3-10(4-7-12)18(20)21/h3-9H,1-2H3. The van der Waals surface area contributed by atoms with Crippen LogP contribution in [0.1, 0.15) is 10.4 Å². The third-order valence-electron chi connectivity index (χ3n) is 3.42. The van der Waals surface area contributed by atoms with Crippen molar-refractivity contribution in [1.29, 1.82) is 0 Å². The van der Waals surface area contributed by atoms with E-state index in [2.05, 4.69) is 4.74 Å². The summed E-state index contributed by atoms with van der Waals surface area (Å²) in [6, 6.07) is 8.58. The molecule has 2 aromatic carbocycles. The number of ether oxygens (including phenoxy) is 1. The van der Waals surface area contributed by atoms with Gasteiger partial charge >= 0.3 is 5.97 Å². The largest absolute Gasteiger partial charge is 0.465 e. The lowest BCUT2D eigenvalue weighted by molar-refractivity contribution is -0.384. The zero-order valence-corrected chi connectivity index (χ0v) is 14.7. The van der Waals surface area contributed by atoms with Gasteiger partial charge in [0.1, 0.15) is 0 Å². The van der Waals surface area contributed by atoms with Crippen LogP contribution in [-0.2, 0) is 14.8 Å². The molecule has 0 aliphatic carbocycles. The lowest BCUT2D eigenvalue weighted by Gasteiger charge is -2.20. The predicted molar refractivity (Wildman–Crippen MR) is 91.5 cm³/mol. The number of rotatable bonds is 5. The third-order valence-corrected chi connectivity index (χ3v) is 5.55. The number of methoxy groups -OCH3 is 1. The molecule has 0 fully saturated rings. The molecular formula is C15H13ClN2O6S. The fraction of sp³-hybridized carbons (Fsp3) is 0.133. The number of carbonyl (C=O) groups excluding carboxylic acids is 1. The van der Waals surface area contributed by atoms with Crippen LogP contribution >= 0.6 is 11.6 Å². The summed E-state index contributed by atoms with van der Waals surface area (Å²) in [5.41, 5.74) is -0.0170. The number of anilines is 1. The lowest BCUT2D eigenvalue weighted by atomic mass is 10.2. The van der Waals surface area contributed by atoms with Crippen molar-refractivity contribution in [3.05, 3.63) is 63.2 Å². The number of sulfonamides is 1. The van der Waals surface area contributed by atoms with E-state index < -0.39 is 20.9 Å². The number of hydrogen-bond acceptors (Lipinski definition) is 6. The Hall–Kier alpha value is -2.65. The maximum Gasteiger partial charge on any atom is 0.339 e. The number of nitrogens with zero attached hydrogens (tertiary/aromatic N) is 2. The summed E-state index contributed by atoms with van der Waals surface area (Å²) in [6.07, 6.45) is 0. The average molecular weight is 385 g/mol. The summed E-state index contributed by atoms with van der Waals surface area (Å²) in [4.78, 5) is 21.6. The highest BCUT2D eigenvalue weighted by molar-refractivity contribution is 7.92. The van der Waals surface area contributed by atoms with Gasteiger partial charge in [-0.25, -0.2) is 13.2 Å². The zero-order valence-electron chi connectivity index (χ0n) is 13.2. The minimum Gasteiger partial charge on any atom is -0.465 e. The predicted octanol–water partition coefficient (Wildman–Crippen LogP) is 2.86. The third kappa shape index (κ3) is 3.72. The summed E-state index contributed by atoms with van der Waals surface area (Å²) in [5.74, 6) is -0.701. The van der Waals surface area contributed by atoms with Gasteiger partial charge in [0.15, 0.2) is 0 Å². The Labute approximate surface area is 148 Å². The first kappa shape index (κ1) is 18.7. The van der Waals surface area contributed by atoms with Crippen molar-refractivity contribution in [2.75, 3.05) is 18.5 Å². The fourth-order valence-electron chi connectivity index (χ4n) is 2.01. The van der Waals surface area contributed by atoms with Crippen LogP contribution in [0.5, 0.6) is 0 Å². The highest BCUT2D eigenvalue weighted by Crippen LogP contribution is 2.27. The van der Waals surface area contributed by atoms with Gasteiger partial charge in [-0.05, 0) is 30.3 Å². The van der Waals surface area contributed by atoms with Crippen LogP contribution in [0, 0.1) is 10.1 Å². The van der Waals surface area contributed by atoms with Gasteiger partial charge in [-0.2, -0.15) is 0 Å². The van der Waals surface area contributed by atoms with Gasteiger partial charge in [0.25, 0.3) is 15.7 Å². The zero-order chi connectivity index (χ0) is 18.8. The summed E-state index contributed by atoms with van der Waals surface area (Å²) >= 11 is 5.92. The van der Waals surface area contributed by atoms with Crippen LogP contribution in [0.2, 0.25) is 5.02 Å². The van der Waals surface area contributed by atoms with Crippen molar-refractivity contribution in [3.8, 4) is 0 Å². The molecular weight excluding hydrogens is 372 g/mol. The molecule has 0 N–H and O–H groups in total. The van der Waals surface area contributed by atoms with Crippen molar-refractivity contribution in [2.45, 2.75) is 4.90 Å². The second kappa shape index (κ2) is 7.08. The number of nitro benzene ring substituents is 1. The number of carbonyl (C=O) groups is 1. The highest BCUT2D eigenvalue weighted by atomic mass is 35.5. The smallest absolute Gasteiger partial charge is 0.339 e. The Morgan fingerprint density at radius 2 is 1.80 bits per heavy atom. The molecule has 2 rings (SSSR count). The van der Waals surface area contributed by atoms with E-state index in [0.717, 1.165) is 28.6 Å². The van der Waals surface area contributed by atoms with Gasteiger partial charge in [-0.15, -0.1) is 0 Å². The summed E-state index contributed by atoms with van der Waals surface area (Å²) in [6.45, 7) is 0. The Morgan fingerprint density at radius 1 is 1.20 bits per heavy atom. The van der Waals surface area contributed by atoms with E-state index in [1.165, 1.54) is 32.4 Å². The SMILES string of the molecule is COC(=O)c1cc(N(C)S(=O)(=O)c2ccc([N+](=O)[O-])cc2)ccc1Cl. The normalized spacial score (nSPS) is 11.0. The molecule has 0 bridgehead atoms. The maximum atomic E-state index is 12.7. The van der Waals surface area contributed by atoms with Gasteiger partial charge in [0.2, 0.25) is 0 Å². The second-order valence-corrected chi connectivity index (χ2v) is 7.26. The number of nitro groups is 1. The molecule has 0 saturated carbocycles. The van der Waals surface area contributed by atoms with Crippen LogP contribution in [0.25, 0.3) is 0 Å². The first-order valence-electron chi connectivity index (χ1n) is 6.79. The fourth-order valence-corrected chi connectivity index (χ4v) is 3.39. The van der Waals surface area contributed by atoms with Crippen molar-refractivity contribution in [3.63, 3.8) is 0 Å². The Bertz CT molecular complexity index is 928. The van der Waals surface area contributed by atoms with Gasteiger partial charge in [0, 0.05) is 19.2 Å². The van der Waals surface area contributed by atoms with E-state index in [1.807, 2.05) is 0 Å². The molecule has 0 radical (unpaired) electrons. The van der Waals surface area contributed by atoms with E-state index in [-0.39, 0.29) is 26.9 Å². The van der Waals surface area contributed by atoms with Crippen LogP contribution < -0.4 is 4.31 Å². The van der Waals surface area contributed by atoms with Crippen LogP contribution in [0.4, 0.5) is 11.4 Å². The van der Waals surface area contributed by atoms with E-state index in [1.54, 1.807) is 0 Å². The average Bonchev–Trinajstić information content (AvgIpc) is 2.60. The van der Waals surface area contributed by atoms with Gasteiger partial charge in [-0.1, -0.05) is 11.6 Å². The first-order chi connectivity index (χ1) is 11.7. The molecule has 10 heteroatoms. The van der Waals surface area contributed by atoms with Crippen molar-refractivity contribution < 1.29 is 22.9 Å². The topological polar surface area (TPSA) is 107 Å². The monoisotopic (exact) mass is 384 g/mol. The number of benzene rings is 2. The van der Waals surface area contributed by atoms with E-state index in [9.17, 15) is 23.3 Å². The molecule has 2 aromatic rings. The molecule has 0 atom stereocenters. The van der Waals surface area contributed by atoms with E-state index >= 15 is 0 Å². The number of halogens is 1. The highest BCUT2D eigenvalue weighted by Gasteiger charge is 2.23. The van der Waals surface area contributed by atoms with E-state index in [0.29, 0.717) is 0 Å². The van der Waals surface area contributed by atoms with Crippen molar-refractivity contribution in [1.82, 2.24) is 0 Å². The molecule has 0 aromatic heterocycles. The number of esters is 1. The minimum atomic E-state index is -3.98. The number of non-ortho nitro benzene ring substituents is 1. The quantitative estimate of drug-likeness (QED) is 0.445. The van der Waals surface area contributed by atoms with Gasteiger partial charge in [0.05, 0.1) is 33.2 Å². The minimum absolute atomic E-state index is 0.0208. The summed E-state index contributed by atoms with van der Waals surface area (Å²) < 4.78 is 30.9. The van der Waals surface area contributed by atoms with Gasteiger partial charge in [-0.3, -0.25) is 14.4 Å². The van der Waals surface area contributed by atoms with Crippen molar-refractivity contribution in [2.24, 2.45) is 0 Å². The molecule has 0 saturated heterocycles. The Kier molecular flexibility index (Phi) is 5.29. The lowest BCUT2D eigenvalue weighted by Crippen LogP contribution is -2.26. The first-order valence-corrected chi connectivity index (χ1v) is 8.61. The van der Waals surface area contributed by atoms with E-state index in [4.69, 9.17) is 11.6 Å². The second-order valence-electron chi connectivity index (χ2n) is 4.88. The molecule has 0 aliphatic heterocycles. The summed E-state index contributed by atoms with van der Waals surface area (Å²) in [5, 5.41) is 10.8. The van der Waals surface area contributed by atoms with Crippen LogP contribution in [-0.4, -0.2) is 33.5 Å². The van der Waals surface area contributed by atoms with Crippen LogP contribution in [0.15, 0.2) is 47.4 Å². The Balaban J connectivity index is 2.43. The molecule has 132 valence electrons. The summed E-state index contributed by atoms with van der Waals surface area (Å²) in [7, 11) is -1.51.